The van der Waals surface area contributed by atoms with Crippen LogP contribution in [0.1, 0.15) is 31.6 Å². The van der Waals surface area contributed by atoms with Gasteiger partial charge in [-0.2, -0.15) is 13.2 Å². The molecule has 0 unspecified atom stereocenters. The average Bonchev–Trinajstić information content (AvgIpc) is 2.99. The van der Waals surface area contributed by atoms with E-state index in [1.54, 1.807) is 24.3 Å². The fraction of sp³-hybridized carbons (Fsp3) is 0.474. The van der Waals surface area contributed by atoms with E-state index in [2.05, 4.69) is 15.7 Å². The first-order chi connectivity index (χ1) is 14.5. The fourth-order valence-electron chi connectivity index (χ4n) is 3.51. The molecule has 1 aliphatic rings. The van der Waals surface area contributed by atoms with Crippen LogP contribution in [0.4, 0.5) is 24.5 Å². The third kappa shape index (κ3) is 5.51. The van der Waals surface area contributed by atoms with E-state index in [0.29, 0.717) is 41.9 Å². The van der Waals surface area contributed by atoms with Crippen molar-refractivity contribution in [1.82, 2.24) is 19.2 Å². The summed E-state index contributed by atoms with van der Waals surface area (Å²) in [7, 11) is 1.05. The predicted molar refractivity (Wildman–Crippen MR) is 107 cm³/mol. The molecule has 2 amide bonds. The molecule has 1 fully saturated rings. The van der Waals surface area contributed by atoms with Crippen LogP contribution in [0.15, 0.2) is 29.1 Å². The minimum absolute atomic E-state index is 0.116. The molecule has 31 heavy (non-hydrogen) atoms. The number of aromatic nitrogens is 3. The monoisotopic (exact) mass is 440 g/mol. The van der Waals surface area contributed by atoms with Gasteiger partial charge in [0.05, 0.1) is 12.6 Å². The maximum Gasteiger partial charge on any atom is 0.451 e. The molecule has 3 rings (SSSR count). The number of benzene rings is 1. The van der Waals surface area contributed by atoms with Crippen molar-refractivity contribution in [3.8, 4) is 0 Å². The van der Waals surface area contributed by atoms with Crippen LogP contribution in [0.2, 0.25) is 0 Å². The second-order valence-electron chi connectivity index (χ2n) is 7.42. The topological polar surface area (TPSA) is 101 Å². The van der Waals surface area contributed by atoms with Crippen molar-refractivity contribution in [3.05, 3.63) is 40.6 Å². The molecule has 0 radical (unpaired) electrons. The Balaban J connectivity index is 1.53. The van der Waals surface area contributed by atoms with Gasteiger partial charge in [-0.3, -0.25) is 19.1 Å². The third-order valence-corrected chi connectivity index (χ3v) is 5.02. The molecule has 0 aliphatic carbocycles. The molecule has 0 spiro atoms. The molecular weight excluding hydrogens is 417 g/mol. The molecule has 1 aromatic carbocycles. The average molecular weight is 440 g/mol. The first kappa shape index (κ1) is 22.5. The first-order valence-corrected chi connectivity index (χ1v) is 9.67. The molecule has 0 bridgehead atoms. The minimum Gasteiger partial charge on any atom is -0.326 e. The van der Waals surface area contributed by atoms with Gasteiger partial charge >= 0.3 is 11.9 Å². The van der Waals surface area contributed by atoms with Gasteiger partial charge in [-0.25, -0.2) is 9.48 Å². The predicted octanol–water partition coefficient (Wildman–Crippen LogP) is 1.83. The Hall–Kier alpha value is -3.15. The van der Waals surface area contributed by atoms with Crippen LogP contribution >= 0.6 is 0 Å². The summed E-state index contributed by atoms with van der Waals surface area (Å²) in [5.74, 6) is -1.65. The van der Waals surface area contributed by atoms with Crippen LogP contribution in [-0.2, 0) is 22.8 Å². The highest BCUT2D eigenvalue weighted by Gasteiger charge is 2.39. The van der Waals surface area contributed by atoms with Gasteiger partial charge in [-0.15, -0.1) is 5.10 Å². The van der Waals surface area contributed by atoms with Gasteiger partial charge < -0.3 is 10.6 Å². The molecule has 9 nitrogen and oxygen atoms in total. The number of piperidine rings is 1. The number of nitrogens with one attached hydrogen (secondary N) is 2. The summed E-state index contributed by atoms with van der Waals surface area (Å²) in [6, 6.07) is 6.22. The SMILES string of the molecule is CC(=O)Nc1ccc(NC(=O)CN2CCC(n3nc(C(F)(F)F)n(C)c3=O)CC2)cc1. The fourth-order valence-corrected chi connectivity index (χ4v) is 3.51. The van der Waals surface area contributed by atoms with Crippen molar-refractivity contribution in [1.29, 1.82) is 0 Å². The lowest BCUT2D eigenvalue weighted by Gasteiger charge is -2.30. The quantitative estimate of drug-likeness (QED) is 0.739. The molecule has 12 heteroatoms. The van der Waals surface area contributed by atoms with Crippen LogP contribution in [0, 0.1) is 0 Å². The number of rotatable bonds is 5. The van der Waals surface area contributed by atoms with Crippen LogP contribution < -0.4 is 16.3 Å². The van der Waals surface area contributed by atoms with Crippen LogP contribution in [0.3, 0.4) is 0 Å². The maximum absolute atomic E-state index is 13.0. The van der Waals surface area contributed by atoms with Crippen molar-refractivity contribution in [3.63, 3.8) is 0 Å². The van der Waals surface area contributed by atoms with E-state index in [1.165, 1.54) is 6.92 Å². The van der Waals surface area contributed by atoms with Gasteiger partial charge in [0.15, 0.2) is 0 Å². The van der Waals surface area contributed by atoms with E-state index in [1.807, 2.05) is 4.90 Å². The van der Waals surface area contributed by atoms with Crippen molar-refractivity contribution >= 4 is 23.2 Å². The molecule has 2 N–H and O–H groups in total. The molecule has 2 heterocycles. The number of alkyl halides is 3. The Bertz CT molecular complexity index is 1000. The zero-order chi connectivity index (χ0) is 22.8. The Morgan fingerprint density at radius 2 is 1.65 bits per heavy atom. The Kier molecular flexibility index (Phi) is 6.48. The van der Waals surface area contributed by atoms with Gasteiger partial charge in [0.1, 0.15) is 0 Å². The highest BCUT2D eigenvalue weighted by atomic mass is 19.4. The molecule has 1 aliphatic heterocycles. The second kappa shape index (κ2) is 8.92. The minimum atomic E-state index is -4.70. The summed E-state index contributed by atoms with van der Waals surface area (Å²) >= 11 is 0. The molecule has 1 aromatic heterocycles. The largest absolute Gasteiger partial charge is 0.451 e. The number of hydrogen-bond acceptors (Lipinski definition) is 5. The van der Waals surface area contributed by atoms with Crippen LogP contribution in [0.5, 0.6) is 0 Å². The molecular formula is C19H23F3N6O3. The van der Waals surface area contributed by atoms with Gasteiger partial charge in [0, 0.05) is 38.4 Å². The van der Waals surface area contributed by atoms with Gasteiger partial charge in [0.25, 0.3) is 0 Å². The normalized spacial score (nSPS) is 15.6. The van der Waals surface area contributed by atoms with E-state index in [0.717, 1.165) is 11.7 Å². The summed E-state index contributed by atoms with van der Waals surface area (Å²) in [5.41, 5.74) is 0.394. The smallest absolute Gasteiger partial charge is 0.326 e. The van der Waals surface area contributed by atoms with E-state index in [4.69, 9.17) is 0 Å². The van der Waals surface area contributed by atoms with E-state index >= 15 is 0 Å². The summed E-state index contributed by atoms with van der Waals surface area (Å²) in [6.45, 7) is 2.41. The molecule has 0 saturated carbocycles. The van der Waals surface area contributed by atoms with Crippen molar-refractivity contribution in [2.24, 2.45) is 7.05 Å². The van der Waals surface area contributed by atoms with E-state index in [9.17, 15) is 27.6 Å². The maximum atomic E-state index is 13.0. The number of likely N-dealkylation sites (tertiary alicyclic amines) is 1. The van der Waals surface area contributed by atoms with Crippen LogP contribution in [-0.4, -0.2) is 50.7 Å². The van der Waals surface area contributed by atoms with Crippen molar-refractivity contribution < 1.29 is 22.8 Å². The summed E-state index contributed by atoms with van der Waals surface area (Å²) in [5, 5.41) is 8.88. The Labute approximate surface area is 175 Å². The van der Waals surface area contributed by atoms with Crippen LogP contribution in [0.25, 0.3) is 0 Å². The van der Waals surface area contributed by atoms with E-state index < -0.39 is 23.7 Å². The number of halogens is 3. The number of anilines is 2. The lowest BCUT2D eigenvalue weighted by molar-refractivity contribution is -0.147. The summed E-state index contributed by atoms with van der Waals surface area (Å²) in [4.78, 5) is 37.3. The molecule has 1 saturated heterocycles. The molecule has 168 valence electrons. The second-order valence-corrected chi connectivity index (χ2v) is 7.42. The Morgan fingerprint density at radius 3 is 2.13 bits per heavy atom. The number of nitrogens with zero attached hydrogens (tertiary/aromatic N) is 4. The molecule has 0 atom stereocenters. The third-order valence-electron chi connectivity index (χ3n) is 5.02. The first-order valence-electron chi connectivity index (χ1n) is 9.67. The number of carbonyl (C=O) groups is 2. The van der Waals surface area contributed by atoms with Gasteiger partial charge in [-0.1, -0.05) is 0 Å². The molecule has 2 aromatic rings. The van der Waals surface area contributed by atoms with Gasteiger partial charge in [0.2, 0.25) is 17.6 Å². The number of amides is 2. The van der Waals surface area contributed by atoms with Gasteiger partial charge in [-0.05, 0) is 37.1 Å². The van der Waals surface area contributed by atoms with Crippen molar-refractivity contribution in [2.45, 2.75) is 32.0 Å². The highest BCUT2D eigenvalue weighted by molar-refractivity contribution is 5.93. The lowest BCUT2D eigenvalue weighted by Crippen LogP contribution is -2.41. The lowest BCUT2D eigenvalue weighted by atomic mass is 10.1. The zero-order valence-electron chi connectivity index (χ0n) is 17.1. The number of carbonyl (C=O) groups excluding carboxylic acids is 2. The van der Waals surface area contributed by atoms with E-state index in [-0.39, 0.29) is 18.4 Å². The summed E-state index contributed by atoms with van der Waals surface area (Å²) < 4.78 is 40.3. The highest BCUT2D eigenvalue weighted by Crippen LogP contribution is 2.28. The Morgan fingerprint density at radius 1 is 1.10 bits per heavy atom. The zero-order valence-corrected chi connectivity index (χ0v) is 17.1. The van der Waals surface area contributed by atoms with Crippen molar-refractivity contribution in [2.75, 3.05) is 30.3 Å². The standard InChI is InChI=1S/C19H23F3N6O3/c1-12(29)23-13-3-5-14(6-4-13)24-16(30)11-27-9-7-15(8-10-27)28-18(31)26(2)17(25-28)19(20,21)22/h3-6,15H,7-11H2,1-2H3,(H,23,29)(H,24,30). The summed E-state index contributed by atoms with van der Waals surface area (Å²) in [6.07, 6.45) is -3.88. The number of hydrogen-bond donors (Lipinski definition) is 2.